The first kappa shape index (κ1) is 18.2. The summed E-state index contributed by atoms with van der Waals surface area (Å²) in [7, 11) is 0. The zero-order valence-corrected chi connectivity index (χ0v) is 16.2. The maximum Gasteiger partial charge on any atom is 0.223 e. The molecule has 0 spiro atoms. The molecule has 1 aliphatic heterocycles. The summed E-state index contributed by atoms with van der Waals surface area (Å²) in [5.41, 5.74) is 7.08. The highest BCUT2D eigenvalue weighted by Gasteiger charge is 2.19. The number of carbonyl (C=O) groups is 1. The van der Waals surface area contributed by atoms with Crippen molar-refractivity contribution >= 4 is 44.7 Å². The number of nitrogens with two attached hydrogens (primary N) is 1. The smallest absolute Gasteiger partial charge is 0.223 e. The number of benzene rings is 1. The van der Waals surface area contributed by atoms with Crippen molar-refractivity contribution < 1.29 is 4.79 Å². The summed E-state index contributed by atoms with van der Waals surface area (Å²) in [5.74, 6) is 0.340. The number of nitrogens with zero attached hydrogens (tertiary/aromatic N) is 2. The van der Waals surface area contributed by atoms with Crippen LogP contribution < -0.4 is 16.4 Å². The molecule has 1 amide bonds. The van der Waals surface area contributed by atoms with Gasteiger partial charge in [-0.15, -0.1) is 16.4 Å². The van der Waals surface area contributed by atoms with Crippen LogP contribution in [0.3, 0.4) is 0 Å². The number of carbonyl (C=O) groups excluding carboxylic acids is 1. The molecular formula is C19H20ClN5OS. The Morgan fingerprint density at radius 1 is 1.33 bits per heavy atom. The van der Waals surface area contributed by atoms with Crippen LogP contribution in [-0.4, -0.2) is 35.2 Å². The van der Waals surface area contributed by atoms with Crippen molar-refractivity contribution in [2.24, 2.45) is 5.73 Å². The van der Waals surface area contributed by atoms with Crippen molar-refractivity contribution in [3.63, 3.8) is 0 Å². The van der Waals surface area contributed by atoms with Gasteiger partial charge in [-0.25, -0.2) is 0 Å². The number of thiophene rings is 1. The topological polar surface area (TPSA) is 92.9 Å². The second kappa shape index (κ2) is 7.80. The minimum atomic E-state index is -0.413. The van der Waals surface area contributed by atoms with Crippen molar-refractivity contribution in [3.05, 3.63) is 41.0 Å². The Balaban J connectivity index is 1.76. The van der Waals surface area contributed by atoms with Gasteiger partial charge in [-0.3, -0.25) is 4.79 Å². The van der Waals surface area contributed by atoms with Gasteiger partial charge < -0.3 is 16.4 Å². The largest absolute Gasteiger partial charge is 0.369 e. The number of aromatic nitrogens is 2. The lowest BCUT2D eigenvalue weighted by Gasteiger charge is -2.24. The average molecular weight is 402 g/mol. The van der Waals surface area contributed by atoms with E-state index >= 15 is 0 Å². The van der Waals surface area contributed by atoms with Crippen LogP contribution in [0.5, 0.6) is 0 Å². The lowest BCUT2D eigenvalue weighted by atomic mass is 10.1. The van der Waals surface area contributed by atoms with E-state index < -0.39 is 5.91 Å². The Morgan fingerprint density at radius 2 is 2.15 bits per heavy atom. The molecule has 1 aliphatic rings. The SMILES string of the molecule is NC(=O)Cc1nnc(NC2CCCNC2)c2cc(-c3ccc(Cl)cc3)sc12. The standard InChI is InChI=1S/C19H20ClN5OS/c20-12-5-3-11(4-6-12)16-8-14-18(27-16)15(9-17(21)26)24-25-19(14)23-13-2-1-7-22-10-13/h3-6,8,13,22H,1-2,7,9-10H2,(H2,21,26)(H,23,25). The fraction of sp³-hybridized carbons (Fsp3) is 0.316. The Bertz CT molecular complexity index is 966. The first-order chi connectivity index (χ1) is 13.1. The first-order valence-electron chi connectivity index (χ1n) is 8.91. The molecule has 0 aliphatic carbocycles. The van der Waals surface area contributed by atoms with Gasteiger partial charge in [-0.05, 0) is 43.1 Å². The second-order valence-electron chi connectivity index (χ2n) is 6.69. The monoisotopic (exact) mass is 401 g/mol. The lowest BCUT2D eigenvalue weighted by molar-refractivity contribution is -0.117. The summed E-state index contributed by atoms with van der Waals surface area (Å²) in [6, 6.07) is 10.1. The van der Waals surface area contributed by atoms with E-state index in [9.17, 15) is 4.79 Å². The molecule has 3 heterocycles. The summed E-state index contributed by atoms with van der Waals surface area (Å²) in [4.78, 5) is 12.5. The lowest BCUT2D eigenvalue weighted by Crippen LogP contribution is -2.38. The molecule has 4 rings (SSSR count). The molecule has 1 atom stereocenters. The van der Waals surface area contributed by atoms with E-state index in [1.807, 2.05) is 24.3 Å². The molecule has 4 N–H and O–H groups in total. The summed E-state index contributed by atoms with van der Waals surface area (Å²) < 4.78 is 0.944. The van der Waals surface area contributed by atoms with Crippen LogP contribution in [0.1, 0.15) is 18.5 Å². The minimum absolute atomic E-state index is 0.0787. The summed E-state index contributed by atoms with van der Waals surface area (Å²) >= 11 is 7.60. The van der Waals surface area contributed by atoms with E-state index in [0.29, 0.717) is 16.8 Å². The van der Waals surface area contributed by atoms with E-state index in [1.54, 1.807) is 11.3 Å². The van der Waals surface area contributed by atoms with Crippen LogP contribution in [-0.2, 0) is 11.2 Å². The molecule has 140 valence electrons. The fourth-order valence-corrected chi connectivity index (χ4v) is 4.58. The summed E-state index contributed by atoms with van der Waals surface area (Å²) in [5, 5.41) is 17.2. The molecule has 3 aromatic rings. The van der Waals surface area contributed by atoms with Gasteiger partial charge in [-0.2, -0.15) is 5.10 Å². The quantitative estimate of drug-likeness (QED) is 0.610. The third-order valence-electron chi connectivity index (χ3n) is 4.63. The molecule has 1 fully saturated rings. The Labute approximate surface area is 166 Å². The molecule has 0 bridgehead atoms. The van der Waals surface area contributed by atoms with Crippen LogP contribution in [0.25, 0.3) is 20.5 Å². The molecule has 6 nitrogen and oxygen atoms in total. The molecule has 0 radical (unpaired) electrons. The molecule has 1 unspecified atom stereocenters. The molecule has 1 aromatic carbocycles. The van der Waals surface area contributed by atoms with E-state index in [4.69, 9.17) is 17.3 Å². The molecule has 27 heavy (non-hydrogen) atoms. The number of amides is 1. The van der Waals surface area contributed by atoms with Gasteiger partial charge in [0.1, 0.15) is 0 Å². The zero-order valence-electron chi connectivity index (χ0n) is 14.7. The number of anilines is 1. The van der Waals surface area contributed by atoms with E-state index in [-0.39, 0.29) is 6.42 Å². The number of piperidine rings is 1. The van der Waals surface area contributed by atoms with Gasteiger partial charge in [-0.1, -0.05) is 23.7 Å². The van der Waals surface area contributed by atoms with Crippen molar-refractivity contribution in [1.29, 1.82) is 0 Å². The molecule has 0 saturated carbocycles. The number of hydrogen-bond donors (Lipinski definition) is 3. The van der Waals surface area contributed by atoms with Crippen molar-refractivity contribution in [2.75, 3.05) is 18.4 Å². The van der Waals surface area contributed by atoms with Crippen LogP contribution in [0.15, 0.2) is 30.3 Å². The highest BCUT2D eigenvalue weighted by atomic mass is 35.5. The van der Waals surface area contributed by atoms with E-state index in [0.717, 1.165) is 52.3 Å². The second-order valence-corrected chi connectivity index (χ2v) is 8.17. The van der Waals surface area contributed by atoms with Gasteiger partial charge in [0.05, 0.1) is 16.8 Å². The van der Waals surface area contributed by atoms with Gasteiger partial charge in [0.25, 0.3) is 0 Å². The number of halogens is 1. The van der Waals surface area contributed by atoms with E-state index in [1.165, 1.54) is 0 Å². The van der Waals surface area contributed by atoms with Crippen molar-refractivity contribution in [1.82, 2.24) is 15.5 Å². The molecule has 2 aromatic heterocycles. The van der Waals surface area contributed by atoms with Gasteiger partial charge in [0.2, 0.25) is 5.91 Å². The molecule has 8 heteroatoms. The highest BCUT2D eigenvalue weighted by Crippen LogP contribution is 2.38. The molecule has 1 saturated heterocycles. The number of rotatable bonds is 5. The fourth-order valence-electron chi connectivity index (χ4n) is 3.30. The summed E-state index contributed by atoms with van der Waals surface area (Å²) in [6.07, 6.45) is 2.30. The van der Waals surface area contributed by atoms with Gasteiger partial charge >= 0.3 is 0 Å². The number of primary amides is 1. The maximum atomic E-state index is 11.4. The third-order valence-corrected chi connectivity index (χ3v) is 6.11. The maximum absolute atomic E-state index is 11.4. The predicted molar refractivity (Wildman–Crippen MR) is 110 cm³/mol. The van der Waals surface area contributed by atoms with Crippen molar-refractivity contribution in [2.45, 2.75) is 25.3 Å². The van der Waals surface area contributed by atoms with Crippen LogP contribution in [0.4, 0.5) is 5.82 Å². The number of fused-ring (bicyclic) bond motifs is 1. The predicted octanol–water partition coefficient (Wildman–Crippen LogP) is 3.20. The number of hydrogen-bond acceptors (Lipinski definition) is 6. The first-order valence-corrected chi connectivity index (χ1v) is 10.1. The third kappa shape index (κ3) is 4.05. The highest BCUT2D eigenvalue weighted by molar-refractivity contribution is 7.22. The van der Waals surface area contributed by atoms with Crippen LogP contribution in [0.2, 0.25) is 5.02 Å². The normalized spacial score (nSPS) is 17.1. The van der Waals surface area contributed by atoms with Crippen LogP contribution in [0, 0.1) is 0 Å². The minimum Gasteiger partial charge on any atom is -0.369 e. The number of nitrogens with one attached hydrogen (secondary N) is 2. The van der Waals surface area contributed by atoms with Crippen molar-refractivity contribution in [3.8, 4) is 10.4 Å². The summed E-state index contributed by atoms with van der Waals surface area (Å²) in [6.45, 7) is 1.95. The van der Waals surface area contributed by atoms with Gasteiger partial charge in [0.15, 0.2) is 5.82 Å². The van der Waals surface area contributed by atoms with E-state index in [2.05, 4.69) is 26.9 Å². The molecular weight excluding hydrogens is 382 g/mol. The van der Waals surface area contributed by atoms with Gasteiger partial charge in [0, 0.05) is 27.9 Å². The Hall–Kier alpha value is -2.22. The zero-order chi connectivity index (χ0) is 18.8. The Morgan fingerprint density at radius 3 is 2.85 bits per heavy atom. The van der Waals surface area contributed by atoms with Crippen LogP contribution >= 0.6 is 22.9 Å². The average Bonchev–Trinajstić information content (AvgIpc) is 3.11. The Kier molecular flexibility index (Phi) is 5.24.